The van der Waals surface area contributed by atoms with E-state index in [-0.39, 0.29) is 18.4 Å². The van der Waals surface area contributed by atoms with E-state index >= 15 is 0 Å². The number of benzene rings is 2. The standard InChI is InChI=1S/C17H15ClN2O2S/c18-13-6-2-1-5-12(13)10-23-11-17(22)20-9-16(21)19-14-7-3-4-8-15(14)20/h1-8H,9-11H2,(H,19,21). The summed E-state index contributed by atoms with van der Waals surface area (Å²) in [7, 11) is 0. The van der Waals surface area contributed by atoms with E-state index in [0.29, 0.717) is 22.2 Å². The fourth-order valence-electron chi connectivity index (χ4n) is 2.40. The van der Waals surface area contributed by atoms with Crippen LogP contribution in [0.15, 0.2) is 48.5 Å². The Labute approximate surface area is 143 Å². The van der Waals surface area contributed by atoms with Gasteiger partial charge in [-0.1, -0.05) is 41.9 Å². The first-order valence-corrected chi connectivity index (χ1v) is 8.69. The lowest BCUT2D eigenvalue weighted by atomic mass is 10.2. The van der Waals surface area contributed by atoms with Crippen LogP contribution in [0.1, 0.15) is 5.56 Å². The van der Waals surface area contributed by atoms with Crippen LogP contribution >= 0.6 is 23.4 Å². The quantitative estimate of drug-likeness (QED) is 0.920. The van der Waals surface area contributed by atoms with Crippen LogP contribution in [0, 0.1) is 0 Å². The fraction of sp³-hybridized carbons (Fsp3) is 0.176. The molecule has 0 radical (unpaired) electrons. The van der Waals surface area contributed by atoms with Gasteiger partial charge in [-0.25, -0.2) is 0 Å². The number of hydrogen-bond acceptors (Lipinski definition) is 3. The van der Waals surface area contributed by atoms with Crippen molar-refractivity contribution >= 4 is 46.6 Å². The molecule has 0 aliphatic carbocycles. The summed E-state index contributed by atoms with van der Waals surface area (Å²) in [6.07, 6.45) is 0. The Bertz CT molecular complexity index is 751. The molecule has 0 unspecified atom stereocenters. The van der Waals surface area contributed by atoms with Crippen molar-refractivity contribution < 1.29 is 9.59 Å². The van der Waals surface area contributed by atoms with E-state index in [1.54, 1.807) is 6.07 Å². The SMILES string of the molecule is O=C1CN(C(=O)CSCc2ccccc2Cl)c2ccccc2N1. The van der Waals surface area contributed by atoms with Gasteiger partial charge in [-0.15, -0.1) is 11.8 Å². The van der Waals surface area contributed by atoms with Gasteiger partial charge in [0.1, 0.15) is 6.54 Å². The van der Waals surface area contributed by atoms with Gasteiger partial charge in [0, 0.05) is 10.8 Å². The van der Waals surface area contributed by atoms with Gasteiger partial charge < -0.3 is 10.2 Å². The molecule has 118 valence electrons. The van der Waals surface area contributed by atoms with Crippen LogP contribution < -0.4 is 10.2 Å². The minimum absolute atomic E-state index is 0.0580. The average molecular weight is 347 g/mol. The van der Waals surface area contributed by atoms with Crippen LogP contribution in [0.5, 0.6) is 0 Å². The molecule has 1 N–H and O–H groups in total. The number of halogens is 1. The first-order valence-electron chi connectivity index (χ1n) is 7.15. The number of carbonyl (C=O) groups is 2. The molecule has 1 aliphatic rings. The monoisotopic (exact) mass is 346 g/mol. The smallest absolute Gasteiger partial charge is 0.244 e. The minimum atomic E-state index is -0.173. The van der Waals surface area contributed by atoms with Crippen LogP contribution in [0.3, 0.4) is 0 Å². The third kappa shape index (κ3) is 3.68. The highest BCUT2D eigenvalue weighted by Gasteiger charge is 2.26. The number of nitrogens with zero attached hydrogens (tertiary/aromatic N) is 1. The third-order valence-corrected chi connectivity index (χ3v) is 4.85. The molecular formula is C17H15ClN2O2S. The molecule has 1 aliphatic heterocycles. The highest BCUT2D eigenvalue weighted by Crippen LogP contribution is 2.29. The van der Waals surface area contributed by atoms with Crippen molar-refractivity contribution in [3.63, 3.8) is 0 Å². The maximum absolute atomic E-state index is 12.5. The zero-order valence-electron chi connectivity index (χ0n) is 12.3. The number of para-hydroxylation sites is 2. The van der Waals surface area contributed by atoms with Gasteiger partial charge in [0.25, 0.3) is 0 Å². The van der Waals surface area contributed by atoms with Crippen LogP contribution in [-0.2, 0) is 15.3 Å². The fourth-order valence-corrected chi connectivity index (χ4v) is 3.58. The number of nitrogens with one attached hydrogen (secondary N) is 1. The largest absolute Gasteiger partial charge is 0.323 e. The third-order valence-electron chi connectivity index (χ3n) is 3.51. The summed E-state index contributed by atoms with van der Waals surface area (Å²) in [5, 5.41) is 3.48. The van der Waals surface area contributed by atoms with Crippen molar-refractivity contribution in [2.75, 3.05) is 22.5 Å². The maximum atomic E-state index is 12.5. The van der Waals surface area contributed by atoms with Crippen molar-refractivity contribution in [2.45, 2.75) is 5.75 Å². The second kappa shape index (κ2) is 7.06. The second-order valence-electron chi connectivity index (χ2n) is 5.13. The van der Waals surface area contributed by atoms with Crippen molar-refractivity contribution in [1.82, 2.24) is 0 Å². The summed E-state index contributed by atoms with van der Waals surface area (Å²) in [4.78, 5) is 25.8. The second-order valence-corrected chi connectivity index (χ2v) is 6.52. The summed E-state index contributed by atoms with van der Waals surface area (Å²) >= 11 is 7.60. The Hall–Kier alpha value is -1.98. The molecule has 0 fully saturated rings. The molecule has 3 rings (SSSR count). The maximum Gasteiger partial charge on any atom is 0.244 e. The predicted octanol–water partition coefficient (Wildman–Crippen LogP) is 3.56. The van der Waals surface area contributed by atoms with Gasteiger partial charge >= 0.3 is 0 Å². The van der Waals surface area contributed by atoms with E-state index in [0.717, 1.165) is 11.3 Å². The molecule has 2 amide bonds. The topological polar surface area (TPSA) is 49.4 Å². The van der Waals surface area contributed by atoms with Crippen LogP contribution in [0.2, 0.25) is 5.02 Å². The van der Waals surface area contributed by atoms with E-state index in [1.165, 1.54) is 16.7 Å². The van der Waals surface area contributed by atoms with Crippen LogP contribution in [-0.4, -0.2) is 24.1 Å². The Kier molecular flexibility index (Phi) is 4.88. The van der Waals surface area contributed by atoms with Crippen LogP contribution in [0.25, 0.3) is 0 Å². The Morgan fingerprint density at radius 1 is 1.17 bits per heavy atom. The van der Waals surface area contributed by atoms with Crippen LogP contribution in [0.4, 0.5) is 11.4 Å². The summed E-state index contributed by atoms with van der Waals surface area (Å²) in [5.74, 6) is 0.706. The molecule has 0 saturated carbocycles. The lowest BCUT2D eigenvalue weighted by Gasteiger charge is -2.29. The lowest BCUT2D eigenvalue weighted by molar-refractivity contribution is -0.120. The summed E-state index contributed by atoms with van der Waals surface area (Å²) in [6, 6.07) is 14.9. The van der Waals surface area contributed by atoms with E-state index in [9.17, 15) is 9.59 Å². The number of thioether (sulfide) groups is 1. The Morgan fingerprint density at radius 2 is 1.91 bits per heavy atom. The molecule has 0 spiro atoms. The molecule has 0 bridgehead atoms. The summed E-state index contributed by atoms with van der Waals surface area (Å²) in [6.45, 7) is 0.0580. The Morgan fingerprint density at radius 3 is 2.74 bits per heavy atom. The van der Waals surface area contributed by atoms with Gasteiger partial charge in [-0.2, -0.15) is 0 Å². The van der Waals surface area contributed by atoms with E-state index in [1.807, 2.05) is 42.5 Å². The van der Waals surface area contributed by atoms with Gasteiger partial charge in [0.15, 0.2) is 0 Å². The van der Waals surface area contributed by atoms with Gasteiger partial charge in [-0.05, 0) is 23.8 Å². The molecule has 0 aromatic heterocycles. The van der Waals surface area contributed by atoms with Crippen molar-refractivity contribution in [2.24, 2.45) is 0 Å². The minimum Gasteiger partial charge on any atom is -0.323 e. The van der Waals surface area contributed by atoms with E-state index in [4.69, 9.17) is 11.6 Å². The number of amides is 2. The highest BCUT2D eigenvalue weighted by atomic mass is 35.5. The number of hydrogen-bond donors (Lipinski definition) is 1. The van der Waals surface area contributed by atoms with Crippen molar-refractivity contribution in [3.05, 3.63) is 59.1 Å². The molecule has 4 nitrogen and oxygen atoms in total. The molecule has 23 heavy (non-hydrogen) atoms. The average Bonchev–Trinajstić information content (AvgIpc) is 2.55. The molecule has 1 heterocycles. The Balaban J connectivity index is 1.65. The molecule has 2 aromatic carbocycles. The van der Waals surface area contributed by atoms with Gasteiger partial charge in [-0.3, -0.25) is 9.59 Å². The lowest BCUT2D eigenvalue weighted by Crippen LogP contribution is -2.43. The van der Waals surface area contributed by atoms with Crippen molar-refractivity contribution in [3.8, 4) is 0 Å². The number of fused-ring (bicyclic) bond motifs is 1. The normalized spacial score (nSPS) is 13.4. The van der Waals surface area contributed by atoms with Gasteiger partial charge in [0.2, 0.25) is 11.8 Å². The zero-order chi connectivity index (χ0) is 16.2. The van der Waals surface area contributed by atoms with E-state index < -0.39 is 0 Å². The number of rotatable bonds is 4. The molecule has 0 atom stereocenters. The predicted molar refractivity (Wildman–Crippen MR) is 95.0 cm³/mol. The summed E-state index contributed by atoms with van der Waals surface area (Å²) in [5.41, 5.74) is 2.42. The number of anilines is 2. The molecule has 0 saturated heterocycles. The first-order chi connectivity index (χ1) is 11.1. The summed E-state index contributed by atoms with van der Waals surface area (Å²) < 4.78 is 0. The highest BCUT2D eigenvalue weighted by molar-refractivity contribution is 7.99. The molecular weight excluding hydrogens is 332 g/mol. The molecule has 2 aromatic rings. The molecule has 6 heteroatoms. The number of carbonyl (C=O) groups excluding carboxylic acids is 2. The van der Waals surface area contributed by atoms with E-state index in [2.05, 4.69) is 5.32 Å². The zero-order valence-corrected chi connectivity index (χ0v) is 13.9. The van der Waals surface area contributed by atoms with Gasteiger partial charge in [0.05, 0.1) is 17.1 Å². The van der Waals surface area contributed by atoms with Crippen molar-refractivity contribution in [1.29, 1.82) is 0 Å². The first kappa shape index (κ1) is 15.9.